The Balaban J connectivity index is 2.15. The fraction of sp³-hybridized carbons (Fsp3) is 0.133. The van der Waals surface area contributed by atoms with E-state index in [4.69, 9.17) is 4.42 Å². The summed E-state index contributed by atoms with van der Waals surface area (Å²) in [5.74, 6) is -1.30. The fourth-order valence-electron chi connectivity index (χ4n) is 2.27. The minimum absolute atomic E-state index is 0.0511. The number of hydrogen-bond donors (Lipinski definition) is 0. The molecule has 0 N–H and O–H groups in total. The second kappa shape index (κ2) is 4.90. The molecule has 21 heavy (non-hydrogen) atoms. The lowest BCUT2D eigenvalue weighted by molar-refractivity contribution is -0.118. The Bertz CT molecular complexity index is 721. The van der Waals surface area contributed by atoms with Crippen LogP contribution in [0, 0.1) is 0 Å². The highest BCUT2D eigenvalue weighted by Gasteiger charge is 2.34. The van der Waals surface area contributed by atoms with Gasteiger partial charge in [0.2, 0.25) is 0 Å². The summed E-state index contributed by atoms with van der Waals surface area (Å²) in [5, 5.41) is 0. The number of para-hydroxylation sites is 1. The molecular formula is C15H12N2O4. The molecule has 3 amide bonds. The quantitative estimate of drug-likeness (QED) is 0.745. The number of fused-ring (bicyclic) bond motifs is 1. The summed E-state index contributed by atoms with van der Waals surface area (Å²) in [6.07, 6.45) is 1.36. The van der Waals surface area contributed by atoms with Gasteiger partial charge >= 0.3 is 5.91 Å². The van der Waals surface area contributed by atoms with Gasteiger partial charge in [0.05, 0.1) is 17.5 Å². The van der Waals surface area contributed by atoms with Gasteiger partial charge in [-0.15, -0.1) is 0 Å². The van der Waals surface area contributed by atoms with Crippen LogP contribution >= 0.6 is 0 Å². The normalized spacial score (nSPS) is 14.9. The van der Waals surface area contributed by atoms with Crippen molar-refractivity contribution in [3.63, 3.8) is 0 Å². The molecular weight excluding hydrogens is 272 g/mol. The van der Waals surface area contributed by atoms with E-state index in [2.05, 4.69) is 0 Å². The first-order valence-electron chi connectivity index (χ1n) is 6.35. The molecule has 2 aromatic rings. The van der Waals surface area contributed by atoms with E-state index in [0.717, 1.165) is 4.90 Å². The lowest BCUT2D eigenvalue weighted by Crippen LogP contribution is -2.41. The predicted octanol–water partition coefficient (Wildman–Crippen LogP) is 1.54. The first-order valence-corrected chi connectivity index (χ1v) is 6.35. The zero-order valence-electron chi connectivity index (χ0n) is 11.3. The van der Waals surface area contributed by atoms with Crippen molar-refractivity contribution >= 4 is 23.4 Å². The third-order valence-corrected chi connectivity index (χ3v) is 3.28. The average molecular weight is 284 g/mol. The van der Waals surface area contributed by atoms with Crippen LogP contribution in [0.1, 0.15) is 20.9 Å². The Labute approximate surface area is 120 Å². The molecule has 1 aromatic carbocycles. The molecule has 3 rings (SSSR count). The zero-order chi connectivity index (χ0) is 15.0. The van der Waals surface area contributed by atoms with Crippen molar-refractivity contribution < 1.29 is 18.8 Å². The van der Waals surface area contributed by atoms with Crippen molar-refractivity contribution in [3.05, 3.63) is 54.0 Å². The molecule has 0 unspecified atom stereocenters. The molecule has 1 aromatic heterocycles. The minimum Gasteiger partial charge on any atom is -0.459 e. The van der Waals surface area contributed by atoms with Gasteiger partial charge in [0.15, 0.2) is 5.76 Å². The Morgan fingerprint density at radius 2 is 1.90 bits per heavy atom. The van der Waals surface area contributed by atoms with Gasteiger partial charge in [-0.1, -0.05) is 12.1 Å². The van der Waals surface area contributed by atoms with Crippen molar-refractivity contribution in [2.75, 3.05) is 18.5 Å². The number of benzene rings is 1. The maximum atomic E-state index is 12.5. The van der Waals surface area contributed by atoms with Crippen LogP contribution in [-0.4, -0.2) is 36.2 Å². The lowest BCUT2D eigenvalue weighted by atomic mass is 10.1. The van der Waals surface area contributed by atoms with Crippen molar-refractivity contribution in [2.24, 2.45) is 0 Å². The molecule has 0 fully saturated rings. The molecule has 6 nitrogen and oxygen atoms in total. The van der Waals surface area contributed by atoms with Crippen LogP contribution in [-0.2, 0) is 4.79 Å². The molecule has 106 valence electrons. The molecule has 6 heteroatoms. The monoisotopic (exact) mass is 284 g/mol. The highest BCUT2D eigenvalue weighted by atomic mass is 16.3. The highest BCUT2D eigenvalue weighted by Crippen LogP contribution is 2.26. The molecule has 0 saturated carbocycles. The molecule has 0 atom stereocenters. The first kappa shape index (κ1) is 13.1. The van der Waals surface area contributed by atoms with Crippen molar-refractivity contribution in [1.82, 2.24) is 4.90 Å². The summed E-state index contributed by atoms with van der Waals surface area (Å²) in [7, 11) is 1.53. The molecule has 1 aliphatic heterocycles. The Morgan fingerprint density at radius 1 is 1.14 bits per heavy atom. The second-order valence-electron chi connectivity index (χ2n) is 4.69. The predicted molar refractivity (Wildman–Crippen MR) is 73.9 cm³/mol. The average Bonchev–Trinajstić information content (AvgIpc) is 2.98. The number of likely N-dealkylation sites (N-methyl/N-ethyl adjacent to an activating group) is 1. The van der Waals surface area contributed by atoms with Gasteiger partial charge in [0.1, 0.15) is 6.54 Å². The molecule has 0 bridgehead atoms. The van der Waals surface area contributed by atoms with Crippen molar-refractivity contribution in [3.8, 4) is 0 Å². The van der Waals surface area contributed by atoms with Gasteiger partial charge < -0.3 is 9.32 Å². The smallest absolute Gasteiger partial charge is 0.300 e. The number of anilines is 1. The van der Waals surface area contributed by atoms with E-state index in [0.29, 0.717) is 5.56 Å². The fourth-order valence-corrected chi connectivity index (χ4v) is 2.27. The van der Waals surface area contributed by atoms with E-state index in [1.165, 1.54) is 24.3 Å². The van der Waals surface area contributed by atoms with Gasteiger partial charge in [-0.3, -0.25) is 14.4 Å². The molecule has 1 aliphatic rings. The maximum Gasteiger partial charge on any atom is 0.300 e. The molecule has 0 spiro atoms. The van der Waals surface area contributed by atoms with Crippen molar-refractivity contribution in [2.45, 2.75) is 0 Å². The van der Waals surface area contributed by atoms with E-state index >= 15 is 0 Å². The third kappa shape index (κ3) is 2.10. The number of imide groups is 1. The number of rotatable bonds is 1. The van der Waals surface area contributed by atoms with Crippen LogP contribution in [0.25, 0.3) is 0 Å². The summed E-state index contributed by atoms with van der Waals surface area (Å²) in [6.45, 7) is -0.167. The number of nitrogens with zero attached hydrogens (tertiary/aromatic N) is 2. The zero-order valence-corrected chi connectivity index (χ0v) is 11.3. The third-order valence-electron chi connectivity index (χ3n) is 3.28. The SMILES string of the molecule is CN1CC(=O)N(C(=O)c2ccco2)c2ccccc2C1=O. The first-order chi connectivity index (χ1) is 10.1. The number of carbonyl (C=O) groups is 3. The minimum atomic E-state index is -0.583. The van der Waals surface area contributed by atoms with Gasteiger partial charge in [-0.25, -0.2) is 4.90 Å². The number of carbonyl (C=O) groups excluding carboxylic acids is 3. The van der Waals surface area contributed by atoms with Crippen LogP contribution in [0.5, 0.6) is 0 Å². The van der Waals surface area contributed by atoms with E-state index in [1.54, 1.807) is 30.3 Å². The molecule has 0 saturated heterocycles. The molecule has 0 aliphatic carbocycles. The largest absolute Gasteiger partial charge is 0.459 e. The standard InChI is InChI=1S/C15H12N2O4/c1-16-9-13(18)17(15(20)12-7-4-8-21-12)11-6-3-2-5-10(11)14(16)19/h2-8H,9H2,1H3. The molecule has 0 radical (unpaired) electrons. The van der Waals surface area contributed by atoms with Crippen LogP contribution < -0.4 is 4.90 Å². The van der Waals surface area contributed by atoms with E-state index in [9.17, 15) is 14.4 Å². The summed E-state index contributed by atoms with van der Waals surface area (Å²) >= 11 is 0. The van der Waals surface area contributed by atoms with Crippen LogP contribution in [0.3, 0.4) is 0 Å². The number of furan rings is 1. The van der Waals surface area contributed by atoms with Crippen LogP contribution in [0.4, 0.5) is 5.69 Å². The van der Waals surface area contributed by atoms with Gasteiger partial charge in [0, 0.05) is 7.05 Å². The summed E-state index contributed by atoms with van der Waals surface area (Å²) in [5.41, 5.74) is 0.587. The van der Waals surface area contributed by atoms with Crippen molar-refractivity contribution in [1.29, 1.82) is 0 Å². The second-order valence-corrected chi connectivity index (χ2v) is 4.69. The summed E-state index contributed by atoms with van der Waals surface area (Å²) in [6, 6.07) is 9.58. The maximum absolute atomic E-state index is 12.5. The Hall–Kier alpha value is -2.89. The van der Waals surface area contributed by atoms with Gasteiger partial charge in [0.25, 0.3) is 11.8 Å². The van der Waals surface area contributed by atoms with Crippen LogP contribution in [0.15, 0.2) is 47.1 Å². The number of amides is 3. The lowest BCUT2D eigenvalue weighted by Gasteiger charge is -2.18. The number of hydrogen-bond acceptors (Lipinski definition) is 4. The highest BCUT2D eigenvalue weighted by molar-refractivity contribution is 6.24. The van der Waals surface area contributed by atoms with Crippen LogP contribution in [0.2, 0.25) is 0 Å². The van der Waals surface area contributed by atoms with Gasteiger partial charge in [-0.05, 0) is 24.3 Å². The molecule has 2 heterocycles. The van der Waals surface area contributed by atoms with E-state index < -0.39 is 11.8 Å². The Kier molecular flexibility index (Phi) is 3.06. The Morgan fingerprint density at radius 3 is 2.62 bits per heavy atom. The summed E-state index contributed by atoms with van der Waals surface area (Å²) in [4.78, 5) is 39.4. The summed E-state index contributed by atoms with van der Waals surface area (Å²) < 4.78 is 5.06. The van der Waals surface area contributed by atoms with E-state index in [-0.39, 0.29) is 23.9 Å². The van der Waals surface area contributed by atoms with E-state index in [1.807, 2.05) is 0 Å². The topological polar surface area (TPSA) is 70.8 Å². The van der Waals surface area contributed by atoms with Gasteiger partial charge in [-0.2, -0.15) is 0 Å².